The molecule has 0 aromatic carbocycles. The Bertz CT molecular complexity index is 378. The summed E-state index contributed by atoms with van der Waals surface area (Å²) in [6.07, 6.45) is 9.68. The maximum atomic E-state index is 6.23. The molecule has 0 atom stereocenters. The van der Waals surface area contributed by atoms with Gasteiger partial charge in [0.05, 0.1) is 0 Å². The highest BCUT2D eigenvalue weighted by Crippen LogP contribution is 2.41. The number of halogens is 1. The molecule has 1 aliphatic carbocycles. The third kappa shape index (κ3) is 4.16. The summed E-state index contributed by atoms with van der Waals surface area (Å²) in [6, 6.07) is 0. The molecule has 0 unspecified atom stereocenters. The molecule has 0 spiro atoms. The second-order valence-corrected chi connectivity index (χ2v) is 5.00. The van der Waals surface area contributed by atoms with Crippen molar-refractivity contribution in [3.05, 3.63) is 34.5 Å². The van der Waals surface area contributed by atoms with Crippen LogP contribution in [0.3, 0.4) is 0 Å². The fourth-order valence-corrected chi connectivity index (χ4v) is 2.22. The summed E-state index contributed by atoms with van der Waals surface area (Å²) in [5.41, 5.74) is 3.52. The molecule has 1 aliphatic rings. The molecular formula is C15H22ClN. The van der Waals surface area contributed by atoms with Gasteiger partial charge in [0.2, 0.25) is 0 Å². The number of hydrogen-bond acceptors (Lipinski definition) is 1. The zero-order chi connectivity index (χ0) is 12.8. The van der Waals surface area contributed by atoms with Crippen LogP contribution in [0.1, 0.15) is 47.0 Å². The molecule has 0 heterocycles. The second-order valence-electron chi connectivity index (χ2n) is 4.43. The van der Waals surface area contributed by atoms with Crippen LogP contribution >= 0.6 is 11.6 Å². The quantitative estimate of drug-likeness (QED) is 0.468. The fraction of sp³-hybridized carbons (Fsp3) is 0.533. The van der Waals surface area contributed by atoms with Gasteiger partial charge in [-0.3, -0.25) is 4.99 Å². The zero-order valence-electron chi connectivity index (χ0n) is 11.3. The summed E-state index contributed by atoms with van der Waals surface area (Å²) in [5, 5.41) is 0.844. The highest BCUT2D eigenvalue weighted by atomic mass is 35.5. The normalized spacial score (nSPS) is 19.8. The minimum atomic E-state index is 0.698. The van der Waals surface area contributed by atoms with Crippen molar-refractivity contribution in [1.82, 2.24) is 0 Å². The molecule has 1 nitrogen and oxygen atoms in total. The van der Waals surface area contributed by atoms with Crippen molar-refractivity contribution in [2.45, 2.75) is 47.0 Å². The first-order chi connectivity index (χ1) is 8.11. The maximum absolute atomic E-state index is 6.23. The lowest BCUT2D eigenvalue weighted by Gasteiger charge is -2.12. The standard InChI is InChI=1S/C15H22ClN/c1-5-7-10-17-12(4)15(11(3)16)14(6-2)13-8-9-13/h6-7,10,13H,5,8-9H2,1-4H3/b10-7+,14-6-,15-11-,17-12+. The zero-order valence-corrected chi connectivity index (χ0v) is 12.0. The number of allylic oxidation sites excluding steroid dienone is 5. The highest BCUT2D eigenvalue weighted by Gasteiger charge is 2.29. The fourth-order valence-electron chi connectivity index (χ4n) is 1.97. The van der Waals surface area contributed by atoms with Crippen LogP contribution < -0.4 is 0 Å². The molecule has 0 radical (unpaired) electrons. The van der Waals surface area contributed by atoms with Crippen molar-refractivity contribution in [3.63, 3.8) is 0 Å². The summed E-state index contributed by atoms with van der Waals surface area (Å²) in [7, 11) is 0. The van der Waals surface area contributed by atoms with E-state index in [-0.39, 0.29) is 0 Å². The number of rotatable bonds is 5. The van der Waals surface area contributed by atoms with Crippen LogP contribution in [0.2, 0.25) is 0 Å². The highest BCUT2D eigenvalue weighted by molar-refractivity contribution is 6.32. The van der Waals surface area contributed by atoms with Crippen molar-refractivity contribution < 1.29 is 0 Å². The summed E-state index contributed by atoms with van der Waals surface area (Å²) in [4.78, 5) is 4.47. The Labute approximate surface area is 110 Å². The van der Waals surface area contributed by atoms with Gasteiger partial charge in [0.15, 0.2) is 0 Å². The summed E-state index contributed by atoms with van der Waals surface area (Å²) in [5.74, 6) is 0.698. The van der Waals surface area contributed by atoms with Crippen molar-refractivity contribution in [2.24, 2.45) is 10.9 Å². The number of aliphatic imine (C=N–C) groups is 1. The van der Waals surface area contributed by atoms with E-state index in [1.54, 1.807) is 0 Å². The van der Waals surface area contributed by atoms with Crippen LogP contribution in [-0.4, -0.2) is 5.71 Å². The van der Waals surface area contributed by atoms with E-state index in [0.29, 0.717) is 5.92 Å². The Kier molecular flexibility index (Phi) is 5.70. The Hall–Kier alpha value is -0.820. The van der Waals surface area contributed by atoms with Crippen LogP contribution in [0, 0.1) is 5.92 Å². The molecule has 1 fully saturated rings. The van der Waals surface area contributed by atoms with Gasteiger partial charge < -0.3 is 0 Å². The molecule has 94 valence electrons. The predicted molar refractivity (Wildman–Crippen MR) is 77.6 cm³/mol. The van der Waals surface area contributed by atoms with Crippen molar-refractivity contribution >= 4 is 17.3 Å². The largest absolute Gasteiger partial charge is 0.261 e. The molecule has 0 saturated heterocycles. The lowest BCUT2D eigenvalue weighted by Crippen LogP contribution is -2.04. The van der Waals surface area contributed by atoms with E-state index in [1.807, 2.05) is 20.0 Å². The van der Waals surface area contributed by atoms with Crippen LogP contribution in [0.25, 0.3) is 0 Å². The first-order valence-corrected chi connectivity index (χ1v) is 6.72. The van der Waals surface area contributed by atoms with Crippen LogP contribution in [0.15, 0.2) is 39.5 Å². The summed E-state index contributed by atoms with van der Waals surface area (Å²) < 4.78 is 0. The van der Waals surface area contributed by atoms with E-state index in [2.05, 4.69) is 31.0 Å². The Morgan fingerprint density at radius 1 is 1.35 bits per heavy atom. The molecule has 0 amide bonds. The maximum Gasteiger partial charge on any atom is 0.0459 e. The number of hydrogen-bond donors (Lipinski definition) is 0. The molecule has 17 heavy (non-hydrogen) atoms. The predicted octanol–water partition coefficient (Wildman–Crippen LogP) is 5.24. The van der Waals surface area contributed by atoms with Gasteiger partial charge in [-0.2, -0.15) is 0 Å². The molecule has 0 N–H and O–H groups in total. The SMILES string of the molecule is C\C=C(C(/C(C)=N/C=C/CC)=C(/C)Cl)\C1CC1. The van der Waals surface area contributed by atoms with Crippen molar-refractivity contribution in [3.8, 4) is 0 Å². The van der Waals surface area contributed by atoms with E-state index in [1.165, 1.54) is 18.4 Å². The summed E-state index contributed by atoms with van der Waals surface area (Å²) in [6.45, 7) is 8.17. The van der Waals surface area contributed by atoms with Crippen LogP contribution in [0.5, 0.6) is 0 Å². The second kappa shape index (κ2) is 6.80. The van der Waals surface area contributed by atoms with Gasteiger partial charge in [0.25, 0.3) is 0 Å². The van der Waals surface area contributed by atoms with Gasteiger partial charge in [-0.25, -0.2) is 0 Å². The molecule has 0 aliphatic heterocycles. The van der Waals surface area contributed by atoms with E-state index in [4.69, 9.17) is 11.6 Å². The van der Waals surface area contributed by atoms with Gasteiger partial charge in [-0.05, 0) is 51.5 Å². The van der Waals surface area contributed by atoms with E-state index in [9.17, 15) is 0 Å². The minimum absolute atomic E-state index is 0.698. The van der Waals surface area contributed by atoms with E-state index in [0.717, 1.165) is 22.7 Å². The van der Waals surface area contributed by atoms with Gasteiger partial charge >= 0.3 is 0 Å². The average Bonchev–Trinajstić information content (AvgIpc) is 3.09. The van der Waals surface area contributed by atoms with Crippen molar-refractivity contribution in [2.75, 3.05) is 0 Å². The van der Waals surface area contributed by atoms with Crippen LogP contribution in [0.4, 0.5) is 0 Å². The smallest absolute Gasteiger partial charge is 0.0459 e. The molecule has 0 bridgehead atoms. The molecule has 2 heteroatoms. The van der Waals surface area contributed by atoms with Gasteiger partial charge in [-0.15, -0.1) is 0 Å². The average molecular weight is 252 g/mol. The number of nitrogens with zero attached hydrogens (tertiary/aromatic N) is 1. The lowest BCUT2D eigenvalue weighted by molar-refractivity contribution is 1.03. The lowest BCUT2D eigenvalue weighted by atomic mass is 9.97. The van der Waals surface area contributed by atoms with Gasteiger partial charge in [0, 0.05) is 22.5 Å². The third-order valence-corrected chi connectivity index (χ3v) is 3.12. The third-order valence-electron chi connectivity index (χ3n) is 2.93. The monoisotopic (exact) mass is 251 g/mol. The van der Waals surface area contributed by atoms with Crippen LogP contribution in [-0.2, 0) is 0 Å². The van der Waals surface area contributed by atoms with E-state index < -0.39 is 0 Å². The molecular weight excluding hydrogens is 230 g/mol. The molecule has 1 rings (SSSR count). The van der Waals surface area contributed by atoms with E-state index >= 15 is 0 Å². The van der Waals surface area contributed by atoms with Gasteiger partial charge in [-0.1, -0.05) is 30.7 Å². The Balaban J connectivity index is 2.98. The first kappa shape index (κ1) is 14.2. The first-order valence-electron chi connectivity index (χ1n) is 6.34. The van der Waals surface area contributed by atoms with Crippen molar-refractivity contribution in [1.29, 1.82) is 0 Å². The molecule has 1 saturated carbocycles. The molecule has 0 aromatic rings. The minimum Gasteiger partial charge on any atom is -0.261 e. The topological polar surface area (TPSA) is 12.4 Å². The Morgan fingerprint density at radius 2 is 2.00 bits per heavy atom. The summed E-state index contributed by atoms with van der Waals surface area (Å²) >= 11 is 6.23. The Morgan fingerprint density at radius 3 is 2.41 bits per heavy atom. The van der Waals surface area contributed by atoms with Gasteiger partial charge in [0.1, 0.15) is 0 Å². The molecule has 0 aromatic heterocycles.